The quantitative estimate of drug-likeness (QED) is 0.844. The van der Waals surface area contributed by atoms with Crippen molar-refractivity contribution in [1.82, 2.24) is 9.97 Å². The number of rotatable bonds is 5. The predicted molar refractivity (Wildman–Crippen MR) is 77.4 cm³/mol. The highest BCUT2D eigenvalue weighted by atomic mass is 35.5. The topological polar surface area (TPSA) is 37.8 Å². The molecule has 2 rings (SSSR count). The van der Waals surface area contributed by atoms with Crippen LogP contribution in [0.5, 0.6) is 0 Å². The van der Waals surface area contributed by atoms with Crippen molar-refractivity contribution in [3.63, 3.8) is 0 Å². The van der Waals surface area contributed by atoms with Crippen LogP contribution in [0.2, 0.25) is 5.15 Å². The third-order valence-electron chi connectivity index (χ3n) is 2.71. The Hall–Kier alpha value is -1.13. The van der Waals surface area contributed by atoms with E-state index in [1.54, 1.807) is 17.4 Å². The SMILES string of the molecule is CCc1nc(Cl)cc(NCc2sccc2CC)n1. The van der Waals surface area contributed by atoms with Crippen molar-refractivity contribution in [2.45, 2.75) is 33.2 Å². The zero-order valence-corrected chi connectivity index (χ0v) is 12.1. The summed E-state index contributed by atoms with van der Waals surface area (Å²) in [5, 5.41) is 5.93. The molecule has 2 aromatic rings. The number of halogens is 1. The van der Waals surface area contributed by atoms with Gasteiger partial charge < -0.3 is 5.32 Å². The molecule has 0 saturated heterocycles. The Bertz CT molecular complexity index is 525. The first-order valence-electron chi connectivity index (χ1n) is 6.05. The molecule has 3 nitrogen and oxygen atoms in total. The van der Waals surface area contributed by atoms with Crippen LogP contribution in [0.3, 0.4) is 0 Å². The predicted octanol–water partition coefficient (Wildman–Crippen LogP) is 3.93. The van der Waals surface area contributed by atoms with Gasteiger partial charge in [0.25, 0.3) is 0 Å². The summed E-state index contributed by atoms with van der Waals surface area (Å²) in [5.41, 5.74) is 1.39. The number of anilines is 1. The first-order valence-corrected chi connectivity index (χ1v) is 7.31. The van der Waals surface area contributed by atoms with E-state index in [0.29, 0.717) is 5.15 Å². The highest BCUT2D eigenvalue weighted by Crippen LogP contribution is 2.19. The molecule has 0 amide bonds. The molecular weight excluding hydrogens is 266 g/mol. The lowest BCUT2D eigenvalue weighted by atomic mass is 10.2. The molecule has 0 bridgehead atoms. The molecule has 0 saturated carbocycles. The van der Waals surface area contributed by atoms with E-state index in [9.17, 15) is 0 Å². The van der Waals surface area contributed by atoms with Crippen molar-refractivity contribution in [3.05, 3.63) is 38.9 Å². The van der Waals surface area contributed by atoms with Gasteiger partial charge in [0.1, 0.15) is 16.8 Å². The molecule has 0 spiro atoms. The Balaban J connectivity index is 2.08. The fourth-order valence-electron chi connectivity index (χ4n) is 1.72. The van der Waals surface area contributed by atoms with E-state index in [4.69, 9.17) is 11.6 Å². The molecule has 0 unspecified atom stereocenters. The summed E-state index contributed by atoms with van der Waals surface area (Å²) in [4.78, 5) is 9.91. The van der Waals surface area contributed by atoms with Gasteiger partial charge in [-0.25, -0.2) is 9.97 Å². The summed E-state index contributed by atoms with van der Waals surface area (Å²) in [6, 6.07) is 3.94. The molecule has 1 N–H and O–H groups in total. The molecule has 2 aromatic heterocycles. The van der Waals surface area contributed by atoms with Crippen LogP contribution in [0.25, 0.3) is 0 Å². The summed E-state index contributed by atoms with van der Waals surface area (Å²) in [7, 11) is 0. The van der Waals surface area contributed by atoms with Crippen molar-refractivity contribution >= 4 is 28.8 Å². The van der Waals surface area contributed by atoms with Gasteiger partial charge in [-0.2, -0.15) is 0 Å². The molecule has 96 valence electrons. The molecule has 2 heterocycles. The van der Waals surface area contributed by atoms with Gasteiger partial charge in [-0.3, -0.25) is 0 Å². The highest BCUT2D eigenvalue weighted by molar-refractivity contribution is 7.10. The van der Waals surface area contributed by atoms with E-state index in [2.05, 4.69) is 33.7 Å². The van der Waals surface area contributed by atoms with E-state index in [0.717, 1.165) is 31.0 Å². The largest absolute Gasteiger partial charge is 0.365 e. The maximum absolute atomic E-state index is 5.96. The second kappa shape index (κ2) is 6.16. The Kier molecular flexibility index (Phi) is 4.55. The van der Waals surface area contributed by atoms with Gasteiger partial charge in [0, 0.05) is 17.4 Å². The second-order valence-corrected chi connectivity index (χ2v) is 5.31. The summed E-state index contributed by atoms with van der Waals surface area (Å²) < 4.78 is 0. The van der Waals surface area contributed by atoms with Crippen molar-refractivity contribution < 1.29 is 0 Å². The van der Waals surface area contributed by atoms with Crippen LogP contribution in [0.4, 0.5) is 5.82 Å². The monoisotopic (exact) mass is 281 g/mol. The van der Waals surface area contributed by atoms with Crippen molar-refractivity contribution in [1.29, 1.82) is 0 Å². The summed E-state index contributed by atoms with van der Waals surface area (Å²) in [6.07, 6.45) is 1.85. The van der Waals surface area contributed by atoms with Crippen LogP contribution in [-0.4, -0.2) is 9.97 Å². The summed E-state index contributed by atoms with van der Waals surface area (Å²) in [6.45, 7) is 4.98. The first-order chi connectivity index (χ1) is 8.72. The second-order valence-electron chi connectivity index (χ2n) is 3.92. The van der Waals surface area contributed by atoms with E-state index < -0.39 is 0 Å². The van der Waals surface area contributed by atoms with Crippen LogP contribution in [0.15, 0.2) is 17.5 Å². The van der Waals surface area contributed by atoms with Crippen LogP contribution < -0.4 is 5.32 Å². The first kappa shape index (κ1) is 13.3. The van der Waals surface area contributed by atoms with Gasteiger partial charge in [0.15, 0.2) is 0 Å². The fourth-order valence-corrected chi connectivity index (χ4v) is 2.84. The average Bonchev–Trinajstić information content (AvgIpc) is 2.83. The molecule has 0 aromatic carbocycles. The molecule has 5 heteroatoms. The number of nitrogens with zero attached hydrogens (tertiary/aromatic N) is 2. The maximum Gasteiger partial charge on any atom is 0.134 e. The molecule has 0 aliphatic rings. The van der Waals surface area contributed by atoms with E-state index in [-0.39, 0.29) is 0 Å². The molecule has 0 atom stereocenters. The smallest absolute Gasteiger partial charge is 0.134 e. The van der Waals surface area contributed by atoms with Crippen LogP contribution >= 0.6 is 22.9 Å². The highest BCUT2D eigenvalue weighted by Gasteiger charge is 2.05. The van der Waals surface area contributed by atoms with Gasteiger partial charge in [-0.1, -0.05) is 25.4 Å². The van der Waals surface area contributed by atoms with Crippen LogP contribution in [0, 0.1) is 0 Å². The lowest BCUT2D eigenvalue weighted by molar-refractivity contribution is 0.933. The third-order valence-corrected chi connectivity index (χ3v) is 3.86. The summed E-state index contributed by atoms with van der Waals surface area (Å²) in [5.74, 6) is 1.56. The van der Waals surface area contributed by atoms with Gasteiger partial charge >= 0.3 is 0 Å². The van der Waals surface area contributed by atoms with Gasteiger partial charge in [-0.05, 0) is 23.4 Å². The molecule has 18 heavy (non-hydrogen) atoms. The standard InChI is InChI=1S/C13H16ClN3S/c1-3-9-5-6-18-10(9)8-15-13-7-11(14)16-12(4-2)17-13/h5-7H,3-4,8H2,1-2H3,(H,15,16,17). The van der Waals surface area contributed by atoms with Crippen LogP contribution in [-0.2, 0) is 19.4 Å². The lowest BCUT2D eigenvalue weighted by Crippen LogP contribution is -2.04. The fraction of sp³-hybridized carbons (Fsp3) is 0.385. The number of hydrogen-bond acceptors (Lipinski definition) is 4. The molecule has 0 aliphatic carbocycles. The molecule has 0 aliphatic heterocycles. The Morgan fingerprint density at radius 1 is 1.28 bits per heavy atom. The Labute approximate surface area is 116 Å². The van der Waals surface area contributed by atoms with Crippen molar-refractivity contribution in [2.24, 2.45) is 0 Å². The molecular formula is C13H16ClN3S. The number of hydrogen-bond donors (Lipinski definition) is 1. The zero-order chi connectivity index (χ0) is 13.0. The van der Waals surface area contributed by atoms with E-state index in [1.807, 2.05) is 6.92 Å². The number of nitrogens with one attached hydrogen (secondary N) is 1. The van der Waals surface area contributed by atoms with Gasteiger partial charge in [-0.15, -0.1) is 11.3 Å². The number of aromatic nitrogens is 2. The van der Waals surface area contributed by atoms with E-state index >= 15 is 0 Å². The van der Waals surface area contributed by atoms with Gasteiger partial charge in [0.2, 0.25) is 0 Å². The average molecular weight is 282 g/mol. The number of aryl methyl sites for hydroxylation is 2. The van der Waals surface area contributed by atoms with E-state index in [1.165, 1.54) is 10.4 Å². The summed E-state index contributed by atoms with van der Waals surface area (Å²) >= 11 is 7.73. The normalized spacial score (nSPS) is 10.6. The maximum atomic E-state index is 5.96. The van der Waals surface area contributed by atoms with Crippen molar-refractivity contribution in [2.75, 3.05) is 5.32 Å². The third kappa shape index (κ3) is 3.21. The van der Waals surface area contributed by atoms with Crippen LogP contribution in [0.1, 0.15) is 30.1 Å². The molecule has 0 radical (unpaired) electrons. The van der Waals surface area contributed by atoms with Gasteiger partial charge in [0.05, 0.1) is 6.54 Å². The minimum atomic E-state index is 0.492. The Morgan fingerprint density at radius 3 is 2.83 bits per heavy atom. The zero-order valence-electron chi connectivity index (χ0n) is 10.5. The van der Waals surface area contributed by atoms with Crippen molar-refractivity contribution in [3.8, 4) is 0 Å². The molecule has 0 fully saturated rings. The number of thiophene rings is 1. The Morgan fingerprint density at radius 2 is 2.11 bits per heavy atom. The lowest BCUT2D eigenvalue weighted by Gasteiger charge is -2.07. The minimum Gasteiger partial charge on any atom is -0.365 e. The minimum absolute atomic E-state index is 0.492.